The molecule has 20 heavy (non-hydrogen) atoms. The van der Waals surface area contributed by atoms with Crippen LogP contribution in [0.1, 0.15) is 30.8 Å². The maximum Gasteiger partial charge on any atom is 0.111 e. The monoisotopic (exact) mass is 273 g/mol. The van der Waals surface area contributed by atoms with Crippen LogP contribution in [0.2, 0.25) is 0 Å². The molecule has 1 unspecified atom stereocenters. The van der Waals surface area contributed by atoms with Gasteiger partial charge in [-0.25, -0.2) is 4.98 Å². The number of aromatic nitrogens is 2. The Morgan fingerprint density at radius 1 is 1.25 bits per heavy atom. The van der Waals surface area contributed by atoms with Crippen molar-refractivity contribution in [2.75, 3.05) is 19.0 Å². The molecule has 4 nitrogen and oxygen atoms in total. The molecule has 0 spiro atoms. The van der Waals surface area contributed by atoms with Gasteiger partial charge in [-0.05, 0) is 24.1 Å². The van der Waals surface area contributed by atoms with Crippen LogP contribution in [0.4, 0.5) is 5.69 Å². The lowest BCUT2D eigenvalue weighted by Crippen LogP contribution is -2.10. The van der Waals surface area contributed by atoms with E-state index < -0.39 is 6.10 Å². The number of imidazole rings is 1. The van der Waals surface area contributed by atoms with Crippen molar-refractivity contribution in [1.29, 1.82) is 0 Å². The molecule has 0 aliphatic rings. The molecule has 2 aromatic rings. The van der Waals surface area contributed by atoms with Gasteiger partial charge in [0.2, 0.25) is 0 Å². The summed E-state index contributed by atoms with van der Waals surface area (Å²) in [6.45, 7) is 3.09. The fourth-order valence-electron chi connectivity index (χ4n) is 2.26. The van der Waals surface area contributed by atoms with E-state index in [-0.39, 0.29) is 0 Å². The molecular formula is C16H23N3O. The number of hydrogen-bond acceptors (Lipinski definition) is 3. The van der Waals surface area contributed by atoms with Gasteiger partial charge in [0.15, 0.2) is 0 Å². The normalized spacial score (nSPS) is 12.4. The molecule has 0 saturated heterocycles. The summed E-state index contributed by atoms with van der Waals surface area (Å²) in [5, 5.41) is 10.3. The van der Waals surface area contributed by atoms with Gasteiger partial charge in [-0.3, -0.25) is 0 Å². The molecule has 0 saturated carbocycles. The average molecular weight is 273 g/mol. The van der Waals surface area contributed by atoms with Crippen LogP contribution in [0.15, 0.2) is 36.7 Å². The summed E-state index contributed by atoms with van der Waals surface area (Å²) in [6.07, 6.45) is 4.88. The highest BCUT2D eigenvalue weighted by Gasteiger charge is 2.12. The van der Waals surface area contributed by atoms with Crippen LogP contribution in [0.5, 0.6) is 0 Å². The Hall–Kier alpha value is -1.81. The van der Waals surface area contributed by atoms with Gasteiger partial charge in [0.05, 0.1) is 6.10 Å². The van der Waals surface area contributed by atoms with E-state index in [0.717, 1.165) is 30.0 Å². The third-order valence-corrected chi connectivity index (χ3v) is 3.44. The minimum absolute atomic E-state index is 0.510. The van der Waals surface area contributed by atoms with Crippen LogP contribution >= 0.6 is 0 Å². The van der Waals surface area contributed by atoms with Crippen LogP contribution in [0.25, 0.3) is 0 Å². The smallest absolute Gasteiger partial charge is 0.111 e. The van der Waals surface area contributed by atoms with Crippen LogP contribution in [-0.2, 0) is 13.0 Å². The van der Waals surface area contributed by atoms with E-state index >= 15 is 0 Å². The zero-order valence-corrected chi connectivity index (χ0v) is 12.5. The lowest BCUT2D eigenvalue weighted by atomic mass is 10.1. The first-order valence-corrected chi connectivity index (χ1v) is 7.07. The number of aliphatic hydroxyl groups excluding tert-OH is 1. The second-order valence-electron chi connectivity index (χ2n) is 5.24. The predicted octanol–water partition coefficient (Wildman–Crippen LogP) is 2.64. The van der Waals surface area contributed by atoms with Crippen molar-refractivity contribution >= 4 is 5.69 Å². The molecule has 0 aliphatic carbocycles. The van der Waals surface area contributed by atoms with Crippen molar-refractivity contribution in [2.45, 2.75) is 32.4 Å². The second-order valence-corrected chi connectivity index (χ2v) is 5.24. The third kappa shape index (κ3) is 3.39. The maximum absolute atomic E-state index is 10.3. The quantitative estimate of drug-likeness (QED) is 0.879. The summed E-state index contributed by atoms with van der Waals surface area (Å²) < 4.78 is 2.11. The summed E-state index contributed by atoms with van der Waals surface area (Å²) >= 11 is 0. The topological polar surface area (TPSA) is 41.3 Å². The molecule has 108 valence electrons. The Balaban J connectivity index is 2.07. The highest BCUT2D eigenvalue weighted by Crippen LogP contribution is 2.20. The Labute approximate surface area is 120 Å². The third-order valence-electron chi connectivity index (χ3n) is 3.44. The van der Waals surface area contributed by atoms with E-state index in [9.17, 15) is 5.11 Å². The SMILES string of the molecule is CCCn1ccnc1CC(O)c1ccc(N(C)C)cc1. The van der Waals surface area contributed by atoms with E-state index in [1.54, 1.807) is 6.20 Å². The van der Waals surface area contributed by atoms with Gasteiger partial charge in [0.25, 0.3) is 0 Å². The summed E-state index contributed by atoms with van der Waals surface area (Å²) in [5.74, 6) is 0.941. The Morgan fingerprint density at radius 3 is 2.55 bits per heavy atom. The van der Waals surface area contributed by atoms with E-state index in [2.05, 4.69) is 16.5 Å². The molecular weight excluding hydrogens is 250 g/mol. The Bertz CT molecular complexity index is 531. The molecule has 0 radical (unpaired) electrons. The first-order chi connectivity index (χ1) is 9.61. The minimum atomic E-state index is -0.510. The maximum atomic E-state index is 10.3. The van der Waals surface area contributed by atoms with Crippen molar-refractivity contribution in [2.24, 2.45) is 0 Å². The van der Waals surface area contributed by atoms with E-state index in [1.807, 2.05) is 49.5 Å². The zero-order valence-electron chi connectivity index (χ0n) is 12.5. The number of nitrogens with zero attached hydrogens (tertiary/aromatic N) is 3. The fraction of sp³-hybridized carbons (Fsp3) is 0.438. The number of rotatable bonds is 6. The average Bonchev–Trinajstić information content (AvgIpc) is 2.86. The predicted molar refractivity (Wildman–Crippen MR) is 82.0 cm³/mol. The molecule has 4 heteroatoms. The van der Waals surface area contributed by atoms with Gasteiger partial charge in [0.1, 0.15) is 5.82 Å². The Kier molecular flexibility index (Phi) is 4.79. The molecule has 0 fully saturated rings. The second kappa shape index (κ2) is 6.57. The lowest BCUT2D eigenvalue weighted by Gasteiger charge is -2.15. The standard InChI is InChI=1S/C16H23N3O/c1-4-10-19-11-9-17-16(19)12-15(20)13-5-7-14(8-6-13)18(2)3/h5-9,11,15,20H,4,10,12H2,1-3H3. The number of anilines is 1. The molecule has 0 amide bonds. The zero-order chi connectivity index (χ0) is 14.5. The van der Waals surface area contributed by atoms with Crippen LogP contribution < -0.4 is 4.90 Å². The van der Waals surface area contributed by atoms with Gasteiger partial charge in [-0.2, -0.15) is 0 Å². The van der Waals surface area contributed by atoms with E-state index in [0.29, 0.717) is 6.42 Å². The highest BCUT2D eigenvalue weighted by molar-refractivity contribution is 5.46. The first kappa shape index (κ1) is 14.6. The largest absolute Gasteiger partial charge is 0.388 e. The molecule has 1 heterocycles. The molecule has 1 aromatic heterocycles. The first-order valence-electron chi connectivity index (χ1n) is 7.07. The van der Waals surface area contributed by atoms with Crippen molar-refractivity contribution in [3.63, 3.8) is 0 Å². The summed E-state index contributed by atoms with van der Waals surface area (Å²) in [6, 6.07) is 8.01. The number of aryl methyl sites for hydroxylation is 1. The molecule has 2 rings (SSSR count). The van der Waals surface area contributed by atoms with Crippen molar-refractivity contribution < 1.29 is 5.11 Å². The number of benzene rings is 1. The summed E-state index contributed by atoms with van der Waals surface area (Å²) in [5.41, 5.74) is 2.06. The van der Waals surface area contributed by atoms with E-state index in [1.165, 1.54) is 0 Å². The molecule has 1 aromatic carbocycles. The summed E-state index contributed by atoms with van der Waals surface area (Å²) in [4.78, 5) is 6.39. The summed E-state index contributed by atoms with van der Waals surface area (Å²) in [7, 11) is 4.01. The van der Waals surface area contributed by atoms with Gasteiger partial charge < -0.3 is 14.6 Å². The van der Waals surface area contributed by atoms with Gasteiger partial charge >= 0.3 is 0 Å². The van der Waals surface area contributed by atoms with Crippen molar-refractivity contribution in [3.05, 3.63) is 48.0 Å². The molecule has 1 atom stereocenters. The van der Waals surface area contributed by atoms with Crippen LogP contribution in [0.3, 0.4) is 0 Å². The number of hydrogen-bond donors (Lipinski definition) is 1. The number of aliphatic hydroxyl groups is 1. The lowest BCUT2D eigenvalue weighted by molar-refractivity contribution is 0.174. The Morgan fingerprint density at radius 2 is 1.95 bits per heavy atom. The highest BCUT2D eigenvalue weighted by atomic mass is 16.3. The minimum Gasteiger partial charge on any atom is -0.388 e. The van der Waals surface area contributed by atoms with Crippen LogP contribution in [-0.4, -0.2) is 28.8 Å². The molecule has 0 bridgehead atoms. The van der Waals surface area contributed by atoms with Crippen molar-refractivity contribution in [1.82, 2.24) is 9.55 Å². The van der Waals surface area contributed by atoms with Gasteiger partial charge in [-0.1, -0.05) is 19.1 Å². The van der Waals surface area contributed by atoms with Crippen molar-refractivity contribution in [3.8, 4) is 0 Å². The van der Waals surface area contributed by atoms with Gasteiger partial charge in [0, 0.05) is 45.1 Å². The van der Waals surface area contributed by atoms with Gasteiger partial charge in [-0.15, -0.1) is 0 Å². The van der Waals surface area contributed by atoms with E-state index in [4.69, 9.17) is 0 Å². The fourth-order valence-corrected chi connectivity index (χ4v) is 2.26. The molecule has 1 N–H and O–H groups in total. The van der Waals surface area contributed by atoms with Crippen LogP contribution in [0, 0.1) is 0 Å². The molecule has 0 aliphatic heterocycles.